The van der Waals surface area contributed by atoms with Crippen LogP contribution in [0.25, 0.3) is 0 Å². The van der Waals surface area contributed by atoms with Crippen molar-refractivity contribution in [2.45, 2.75) is 56.7 Å². The Bertz CT molecular complexity index is 420. The smallest absolute Gasteiger partial charge is 0.0926 e. The fourth-order valence-corrected chi connectivity index (χ4v) is 4.86. The lowest BCUT2D eigenvalue weighted by molar-refractivity contribution is -0.133. The van der Waals surface area contributed by atoms with Gasteiger partial charge in [0, 0.05) is 6.61 Å². The highest BCUT2D eigenvalue weighted by Crippen LogP contribution is 2.45. The Balaban J connectivity index is 1.72. The Hall–Kier alpha value is -0.0900. The van der Waals surface area contributed by atoms with Crippen molar-refractivity contribution in [3.63, 3.8) is 0 Å². The molecular weight excluding hydrogens is 280 g/mol. The number of rotatable bonds is 2. The third-order valence-corrected chi connectivity index (χ3v) is 6.08. The summed E-state index contributed by atoms with van der Waals surface area (Å²) in [5, 5.41) is 13.3. The Labute approximate surface area is 123 Å². The van der Waals surface area contributed by atoms with Gasteiger partial charge in [0.15, 0.2) is 0 Å². The van der Waals surface area contributed by atoms with Gasteiger partial charge in [0.05, 0.1) is 21.6 Å². The van der Waals surface area contributed by atoms with Crippen molar-refractivity contribution in [1.29, 1.82) is 0 Å². The zero-order chi connectivity index (χ0) is 13.3. The van der Waals surface area contributed by atoms with E-state index in [1.807, 2.05) is 11.4 Å². The van der Waals surface area contributed by atoms with Gasteiger partial charge >= 0.3 is 0 Å². The topological polar surface area (TPSA) is 29.5 Å². The molecule has 19 heavy (non-hydrogen) atoms. The van der Waals surface area contributed by atoms with Crippen molar-refractivity contribution in [2.75, 3.05) is 6.61 Å². The first kappa shape index (κ1) is 13.9. The maximum absolute atomic E-state index is 10.6. The normalized spacial score (nSPS) is 28.4. The van der Waals surface area contributed by atoms with E-state index in [2.05, 4.69) is 0 Å². The second kappa shape index (κ2) is 5.72. The molecule has 2 nitrogen and oxygen atoms in total. The van der Waals surface area contributed by atoms with Gasteiger partial charge in [0.2, 0.25) is 0 Å². The Morgan fingerprint density at radius 2 is 2.16 bits per heavy atom. The number of thiophene rings is 1. The summed E-state index contributed by atoms with van der Waals surface area (Å²) in [6.45, 7) is 0.782. The van der Waals surface area contributed by atoms with Crippen LogP contribution < -0.4 is 0 Å². The van der Waals surface area contributed by atoms with Crippen molar-refractivity contribution in [2.24, 2.45) is 5.92 Å². The van der Waals surface area contributed by atoms with E-state index in [0.29, 0.717) is 10.9 Å². The molecule has 1 aliphatic carbocycles. The van der Waals surface area contributed by atoms with Crippen molar-refractivity contribution < 1.29 is 9.84 Å². The standard InChI is InChI=1S/C15H21ClO2S/c16-12-5-9-19-14(12)13(17)11-4-8-18-15(10-11)6-2-1-3-7-15/h5,9,11,13,17H,1-4,6-8,10H2. The van der Waals surface area contributed by atoms with Gasteiger partial charge in [-0.25, -0.2) is 0 Å². The van der Waals surface area contributed by atoms with E-state index in [4.69, 9.17) is 16.3 Å². The Kier molecular flexibility index (Phi) is 4.18. The molecule has 2 atom stereocenters. The summed E-state index contributed by atoms with van der Waals surface area (Å²) in [6.07, 6.45) is 7.69. The molecule has 1 aliphatic heterocycles. The minimum absolute atomic E-state index is 0.0475. The van der Waals surface area contributed by atoms with Crippen LogP contribution in [0.1, 0.15) is 55.9 Å². The lowest BCUT2D eigenvalue weighted by Gasteiger charge is -2.44. The van der Waals surface area contributed by atoms with Crippen LogP contribution in [0.4, 0.5) is 0 Å². The summed E-state index contributed by atoms with van der Waals surface area (Å²) in [5.41, 5.74) is 0.0475. The molecule has 0 bridgehead atoms. The SMILES string of the molecule is OC(c1sccc1Cl)C1CCOC2(CCCCC2)C1. The molecule has 1 aromatic rings. The van der Waals surface area contributed by atoms with Gasteiger partial charge in [-0.05, 0) is 43.0 Å². The molecule has 2 fully saturated rings. The van der Waals surface area contributed by atoms with E-state index in [1.165, 1.54) is 19.3 Å². The molecule has 0 aromatic carbocycles. The summed E-state index contributed by atoms with van der Waals surface area (Å²) in [6, 6.07) is 1.88. The summed E-state index contributed by atoms with van der Waals surface area (Å²) < 4.78 is 6.09. The predicted octanol–water partition coefficient (Wildman–Crippen LogP) is 4.56. The van der Waals surface area contributed by atoms with Gasteiger partial charge in [-0.3, -0.25) is 0 Å². The van der Waals surface area contributed by atoms with Crippen LogP contribution in [0.5, 0.6) is 0 Å². The largest absolute Gasteiger partial charge is 0.387 e. The fourth-order valence-electron chi connectivity index (χ4n) is 3.61. The zero-order valence-electron chi connectivity index (χ0n) is 11.1. The minimum Gasteiger partial charge on any atom is -0.387 e. The average molecular weight is 301 g/mol. The van der Waals surface area contributed by atoms with Gasteiger partial charge in [0.25, 0.3) is 0 Å². The lowest BCUT2D eigenvalue weighted by atomic mass is 9.74. The van der Waals surface area contributed by atoms with Crippen molar-refractivity contribution in [3.8, 4) is 0 Å². The van der Waals surface area contributed by atoms with Crippen molar-refractivity contribution >= 4 is 22.9 Å². The van der Waals surface area contributed by atoms with Gasteiger partial charge in [-0.15, -0.1) is 11.3 Å². The van der Waals surface area contributed by atoms with Crippen LogP contribution in [0, 0.1) is 5.92 Å². The van der Waals surface area contributed by atoms with Crippen LogP contribution in [-0.4, -0.2) is 17.3 Å². The van der Waals surface area contributed by atoms with Crippen molar-refractivity contribution in [3.05, 3.63) is 21.3 Å². The van der Waals surface area contributed by atoms with Gasteiger partial charge < -0.3 is 9.84 Å². The quantitative estimate of drug-likeness (QED) is 0.867. The molecule has 0 amide bonds. The predicted molar refractivity (Wildman–Crippen MR) is 78.8 cm³/mol. The number of hydrogen-bond acceptors (Lipinski definition) is 3. The molecular formula is C15H21ClO2S. The molecule has 1 aromatic heterocycles. The molecule has 2 unspecified atom stereocenters. The maximum Gasteiger partial charge on any atom is 0.0926 e. The highest BCUT2D eigenvalue weighted by atomic mass is 35.5. The van der Waals surface area contributed by atoms with E-state index in [-0.39, 0.29) is 5.60 Å². The fraction of sp³-hybridized carbons (Fsp3) is 0.733. The maximum atomic E-state index is 10.6. The van der Waals surface area contributed by atoms with Gasteiger partial charge in [0.1, 0.15) is 0 Å². The summed E-state index contributed by atoms with van der Waals surface area (Å²) in [7, 11) is 0. The van der Waals surface area contributed by atoms with Crippen LogP contribution in [0.2, 0.25) is 5.02 Å². The van der Waals surface area contributed by atoms with E-state index in [1.54, 1.807) is 11.3 Å². The third kappa shape index (κ3) is 2.85. The molecule has 3 rings (SSSR count). The third-order valence-electron chi connectivity index (χ3n) is 4.66. The molecule has 1 saturated heterocycles. The summed E-state index contributed by atoms with van der Waals surface area (Å²) in [4.78, 5) is 0.930. The van der Waals surface area contributed by atoms with E-state index >= 15 is 0 Å². The van der Waals surface area contributed by atoms with Crippen LogP contribution in [0.3, 0.4) is 0 Å². The van der Waals surface area contributed by atoms with Crippen molar-refractivity contribution in [1.82, 2.24) is 0 Å². The van der Waals surface area contributed by atoms with Gasteiger partial charge in [-0.2, -0.15) is 0 Å². The summed E-state index contributed by atoms with van der Waals surface area (Å²) >= 11 is 7.71. The molecule has 4 heteroatoms. The number of aliphatic hydroxyl groups excluding tert-OH is 1. The first-order valence-corrected chi connectivity index (χ1v) is 8.51. The number of ether oxygens (including phenoxy) is 1. The highest BCUT2D eigenvalue weighted by molar-refractivity contribution is 7.10. The molecule has 106 valence electrons. The number of hydrogen-bond donors (Lipinski definition) is 1. The van der Waals surface area contributed by atoms with Gasteiger partial charge in [-0.1, -0.05) is 30.9 Å². The molecule has 1 saturated carbocycles. The minimum atomic E-state index is -0.421. The highest BCUT2D eigenvalue weighted by Gasteiger charge is 2.41. The van der Waals surface area contributed by atoms with Crippen LogP contribution in [-0.2, 0) is 4.74 Å². The second-order valence-electron chi connectivity index (χ2n) is 5.92. The summed E-state index contributed by atoms with van der Waals surface area (Å²) in [5.74, 6) is 0.294. The molecule has 0 radical (unpaired) electrons. The molecule has 2 aliphatic rings. The van der Waals surface area contributed by atoms with E-state index in [9.17, 15) is 5.11 Å². The van der Waals surface area contributed by atoms with Crippen LogP contribution in [0.15, 0.2) is 11.4 Å². The van der Waals surface area contributed by atoms with E-state index in [0.717, 1.165) is 37.2 Å². The lowest BCUT2D eigenvalue weighted by Crippen LogP contribution is -2.42. The molecule has 1 spiro atoms. The number of aliphatic hydroxyl groups is 1. The van der Waals surface area contributed by atoms with E-state index < -0.39 is 6.10 Å². The number of halogens is 1. The molecule has 2 heterocycles. The Morgan fingerprint density at radius 1 is 1.37 bits per heavy atom. The first-order chi connectivity index (χ1) is 9.20. The van der Waals surface area contributed by atoms with Crippen LogP contribution >= 0.6 is 22.9 Å². The Morgan fingerprint density at radius 3 is 2.84 bits per heavy atom. The second-order valence-corrected chi connectivity index (χ2v) is 7.28. The molecule has 1 N–H and O–H groups in total. The average Bonchev–Trinajstić information content (AvgIpc) is 2.85. The first-order valence-electron chi connectivity index (χ1n) is 7.25. The monoisotopic (exact) mass is 300 g/mol. The zero-order valence-corrected chi connectivity index (χ0v) is 12.7.